The largest absolute Gasteiger partial charge is 0.327 e. The molecule has 18 heavy (non-hydrogen) atoms. The molecule has 4 nitrogen and oxygen atoms in total. The minimum atomic E-state index is 0.178. The molecule has 0 saturated heterocycles. The molecule has 0 aliphatic rings. The Hall–Kier alpha value is -0.900. The number of aryl methyl sites for hydroxylation is 1. The zero-order valence-electron chi connectivity index (χ0n) is 12.5. The van der Waals surface area contributed by atoms with Crippen LogP contribution in [0.5, 0.6) is 0 Å². The van der Waals surface area contributed by atoms with E-state index in [4.69, 9.17) is 5.73 Å². The van der Waals surface area contributed by atoms with E-state index in [1.54, 1.807) is 6.33 Å². The van der Waals surface area contributed by atoms with Gasteiger partial charge in [-0.3, -0.25) is 4.68 Å². The second-order valence-corrected chi connectivity index (χ2v) is 6.56. The maximum Gasteiger partial charge on any atom is 0.138 e. The third-order valence-electron chi connectivity index (χ3n) is 3.11. The summed E-state index contributed by atoms with van der Waals surface area (Å²) in [5.74, 6) is 1.66. The summed E-state index contributed by atoms with van der Waals surface area (Å²) in [7, 11) is 0. The van der Waals surface area contributed by atoms with E-state index in [0.29, 0.717) is 11.3 Å². The maximum absolute atomic E-state index is 6.23. The molecular weight excluding hydrogens is 224 g/mol. The van der Waals surface area contributed by atoms with Crippen LogP contribution in [0, 0.1) is 11.3 Å². The standard InChI is InChI=1S/C14H28N4/c1-6-18-13(16-10-17-18)8-12(15)7-11(2)9-14(3,4)5/h10-12H,6-9,15H2,1-5H3. The second kappa shape index (κ2) is 6.32. The third kappa shape index (κ3) is 5.17. The first kappa shape index (κ1) is 15.2. The molecule has 2 atom stereocenters. The van der Waals surface area contributed by atoms with E-state index in [1.165, 1.54) is 6.42 Å². The minimum absolute atomic E-state index is 0.178. The lowest BCUT2D eigenvalue weighted by molar-refractivity contribution is 0.284. The molecule has 1 aromatic heterocycles. The number of hydrogen-bond acceptors (Lipinski definition) is 3. The van der Waals surface area contributed by atoms with Gasteiger partial charge < -0.3 is 5.73 Å². The van der Waals surface area contributed by atoms with Crippen molar-refractivity contribution >= 4 is 0 Å². The van der Waals surface area contributed by atoms with Gasteiger partial charge in [0, 0.05) is 19.0 Å². The van der Waals surface area contributed by atoms with Gasteiger partial charge in [-0.05, 0) is 31.1 Å². The van der Waals surface area contributed by atoms with Crippen molar-refractivity contribution in [2.45, 2.75) is 66.5 Å². The zero-order chi connectivity index (χ0) is 13.8. The lowest BCUT2D eigenvalue weighted by Gasteiger charge is -2.25. The van der Waals surface area contributed by atoms with Crippen LogP contribution in [0.1, 0.15) is 53.3 Å². The quantitative estimate of drug-likeness (QED) is 0.846. The Morgan fingerprint density at radius 2 is 2.06 bits per heavy atom. The number of hydrogen-bond donors (Lipinski definition) is 1. The van der Waals surface area contributed by atoms with Crippen LogP contribution in [0.15, 0.2) is 6.33 Å². The Balaban J connectivity index is 2.44. The van der Waals surface area contributed by atoms with Gasteiger partial charge in [0.2, 0.25) is 0 Å². The first-order valence-corrected chi connectivity index (χ1v) is 6.94. The van der Waals surface area contributed by atoms with Crippen molar-refractivity contribution in [3.8, 4) is 0 Å². The predicted molar refractivity (Wildman–Crippen MR) is 75.2 cm³/mol. The molecule has 4 heteroatoms. The average Bonchev–Trinajstić information content (AvgIpc) is 2.61. The molecule has 1 heterocycles. The molecule has 1 rings (SSSR count). The summed E-state index contributed by atoms with van der Waals surface area (Å²) in [6.45, 7) is 12.1. The maximum atomic E-state index is 6.23. The van der Waals surface area contributed by atoms with Crippen LogP contribution in [-0.4, -0.2) is 20.8 Å². The van der Waals surface area contributed by atoms with Gasteiger partial charge in [-0.1, -0.05) is 27.7 Å². The van der Waals surface area contributed by atoms with Crippen molar-refractivity contribution in [2.75, 3.05) is 0 Å². The van der Waals surface area contributed by atoms with Crippen molar-refractivity contribution < 1.29 is 0 Å². The molecule has 0 spiro atoms. The van der Waals surface area contributed by atoms with Gasteiger partial charge in [0.1, 0.15) is 12.2 Å². The average molecular weight is 252 g/mol. The molecule has 1 aromatic rings. The highest BCUT2D eigenvalue weighted by Gasteiger charge is 2.18. The summed E-state index contributed by atoms with van der Waals surface area (Å²) in [6.07, 6.45) is 4.70. The molecule has 0 aliphatic heterocycles. The lowest BCUT2D eigenvalue weighted by atomic mass is 9.82. The van der Waals surface area contributed by atoms with Crippen molar-refractivity contribution in [1.82, 2.24) is 14.8 Å². The summed E-state index contributed by atoms with van der Waals surface area (Å²) in [5, 5.41) is 4.18. The van der Waals surface area contributed by atoms with Crippen LogP contribution in [0.3, 0.4) is 0 Å². The molecule has 0 fully saturated rings. The SMILES string of the molecule is CCn1ncnc1CC(N)CC(C)CC(C)(C)C. The third-order valence-corrected chi connectivity index (χ3v) is 3.11. The number of nitrogens with zero attached hydrogens (tertiary/aromatic N) is 3. The van der Waals surface area contributed by atoms with Crippen LogP contribution in [0.2, 0.25) is 0 Å². The van der Waals surface area contributed by atoms with Crippen LogP contribution in [-0.2, 0) is 13.0 Å². The highest BCUT2D eigenvalue weighted by Crippen LogP contribution is 2.26. The zero-order valence-corrected chi connectivity index (χ0v) is 12.5. The molecular formula is C14H28N4. The lowest BCUT2D eigenvalue weighted by Crippen LogP contribution is -2.28. The van der Waals surface area contributed by atoms with Crippen molar-refractivity contribution in [2.24, 2.45) is 17.1 Å². The molecule has 0 aliphatic carbocycles. The fourth-order valence-electron chi connectivity index (χ4n) is 2.67. The van der Waals surface area contributed by atoms with Crippen molar-refractivity contribution in [3.63, 3.8) is 0 Å². The molecule has 0 saturated carbocycles. The summed E-state index contributed by atoms with van der Waals surface area (Å²) in [6, 6.07) is 0.178. The molecule has 0 radical (unpaired) electrons. The van der Waals surface area contributed by atoms with E-state index in [9.17, 15) is 0 Å². The molecule has 0 bridgehead atoms. The monoisotopic (exact) mass is 252 g/mol. The smallest absolute Gasteiger partial charge is 0.138 e. The molecule has 0 aromatic carbocycles. The highest BCUT2D eigenvalue weighted by molar-refractivity contribution is 4.89. The van der Waals surface area contributed by atoms with E-state index >= 15 is 0 Å². The van der Waals surface area contributed by atoms with Crippen LogP contribution in [0.4, 0.5) is 0 Å². The van der Waals surface area contributed by atoms with E-state index < -0.39 is 0 Å². The topological polar surface area (TPSA) is 56.7 Å². The van der Waals surface area contributed by atoms with Gasteiger partial charge in [0.15, 0.2) is 0 Å². The van der Waals surface area contributed by atoms with Gasteiger partial charge in [-0.25, -0.2) is 4.98 Å². The molecule has 2 unspecified atom stereocenters. The fraction of sp³-hybridized carbons (Fsp3) is 0.857. The Morgan fingerprint density at radius 3 is 2.61 bits per heavy atom. The molecule has 0 amide bonds. The Bertz CT molecular complexity index is 351. The van der Waals surface area contributed by atoms with Gasteiger partial charge in [0.25, 0.3) is 0 Å². The van der Waals surface area contributed by atoms with Crippen LogP contribution >= 0.6 is 0 Å². The Morgan fingerprint density at radius 1 is 1.39 bits per heavy atom. The number of nitrogens with two attached hydrogens (primary N) is 1. The first-order valence-electron chi connectivity index (χ1n) is 6.94. The van der Waals surface area contributed by atoms with E-state index in [2.05, 4.69) is 44.7 Å². The normalized spacial score (nSPS) is 15.7. The van der Waals surface area contributed by atoms with Gasteiger partial charge in [-0.15, -0.1) is 0 Å². The second-order valence-electron chi connectivity index (χ2n) is 6.56. The van der Waals surface area contributed by atoms with E-state index in [0.717, 1.165) is 25.2 Å². The van der Waals surface area contributed by atoms with E-state index in [1.807, 2.05) is 4.68 Å². The summed E-state index contributed by atoms with van der Waals surface area (Å²) >= 11 is 0. The number of rotatable bonds is 6. The van der Waals surface area contributed by atoms with E-state index in [-0.39, 0.29) is 6.04 Å². The van der Waals surface area contributed by atoms with Gasteiger partial charge in [0.05, 0.1) is 0 Å². The van der Waals surface area contributed by atoms with Crippen LogP contribution < -0.4 is 5.73 Å². The Kier molecular flexibility index (Phi) is 5.32. The van der Waals surface area contributed by atoms with Crippen LogP contribution in [0.25, 0.3) is 0 Å². The summed E-state index contributed by atoms with van der Waals surface area (Å²) in [5.41, 5.74) is 6.60. The summed E-state index contributed by atoms with van der Waals surface area (Å²) in [4.78, 5) is 4.28. The first-order chi connectivity index (χ1) is 8.31. The summed E-state index contributed by atoms with van der Waals surface area (Å²) < 4.78 is 1.92. The fourth-order valence-corrected chi connectivity index (χ4v) is 2.67. The van der Waals surface area contributed by atoms with Crippen molar-refractivity contribution in [1.29, 1.82) is 0 Å². The van der Waals surface area contributed by atoms with Gasteiger partial charge in [-0.2, -0.15) is 5.10 Å². The predicted octanol–water partition coefficient (Wildman–Crippen LogP) is 2.63. The minimum Gasteiger partial charge on any atom is -0.327 e. The Labute approximate surface area is 111 Å². The highest BCUT2D eigenvalue weighted by atomic mass is 15.3. The van der Waals surface area contributed by atoms with Crippen molar-refractivity contribution in [3.05, 3.63) is 12.2 Å². The number of aromatic nitrogens is 3. The molecule has 2 N–H and O–H groups in total. The molecule has 104 valence electrons. The van der Waals surface area contributed by atoms with Gasteiger partial charge >= 0.3 is 0 Å².